The molecule has 4 rings (SSSR count). The van der Waals surface area contributed by atoms with Crippen molar-refractivity contribution in [2.24, 2.45) is 0 Å². The monoisotopic (exact) mass is 384 g/mol. The van der Waals surface area contributed by atoms with Gasteiger partial charge in [0.05, 0.1) is 17.7 Å². The third-order valence-electron chi connectivity index (χ3n) is 3.73. The summed E-state index contributed by atoms with van der Waals surface area (Å²) in [4.78, 5) is 23.0. The van der Waals surface area contributed by atoms with E-state index >= 15 is 0 Å². The normalized spacial score (nSPS) is 10.9. The van der Waals surface area contributed by atoms with Crippen molar-refractivity contribution in [2.45, 2.75) is 0 Å². The zero-order valence-electron chi connectivity index (χ0n) is 13.9. The standard InChI is InChI=1S/C15H12N8O3S/c1-26-9-4-2-8(3-5-9)10-6-27-15-20-14(21-22(10)15)19-13-11(23(24)25)12(16)17-7-18-13/h2-7H,1H3,(H3,16,17,18,19,21). The SMILES string of the molecule is COc1ccc(-c2csc3nc(Nc4ncnc(N)c4[N+](=O)[O-])nn23)cc1. The summed E-state index contributed by atoms with van der Waals surface area (Å²) >= 11 is 1.39. The lowest BCUT2D eigenvalue weighted by Crippen LogP contribution is -2.05. The Bertz CT molecular complexity index is 1140. The van der Waals surface area contributed by atoms with Gasteiger partial charge in [0.15, 0.2) is 0 Å². The first-order chi connectivity index (χ1) is 13.1. The van der Waals surface area contributed by atoms with Gasteiger partial charge in [0.2, 0.25) is 22.5 Å². The molecule has 27 heavy (non-hydrogen) atoms. The molecular formula is C15H12N8O3S. The summed E-state index contributed by atoms with van der Waals surface area (Å²) in [7, 11) is 1.60. The molecule has 0 spiro atoms. The summed E-state index contributed by atoms with van der Waals surface area (Å²) in [6.07, 6.45) is 1.13. The average Bonchev–Trinajstić information content (AvgIpc) is 3.21. The fourth-order valence-electron chi connectivity index (χ4n) is 2.46. The van der Waals surface area contributed by atoms with E-state index in [4.69, 9.17) is 10.5 Å². The van der Waals surface area contributed by atoms with Crippen molar-refractivity contribution < 1.29 is 9.66 Å². The van der Waals surface area contributed by atoms with Gasteiger partial charge in [-0.15, -0.1) is 16.4 Å². The van der Waals surface area contributed by atoms with Gasteiger partial charge in [0, 0.05) is 10.9 Å². The highest BCUT2D eigenvalue weighted by Crippen LogP contribution is 2.30. The fraction of sp³-hybridized carbons (Fsp3) is 0.0667. The van der Waals surface area contributed by atoms with E-state index in [0.717, 1.165) is 23.3 Å². The number of rotatable bonds is 5. The number of aromatic nitrogens is 5. The molecule has 0 bridgehead atoms. The molecule has 0 saturated carbocycles. The number of nitro groups is 1. The lowest BCUT2D eigenvalue weighted by atomic mass is 10.2. The Hall–Kier alpha value is -3.80. The first kappa shape index (κ1) is 16.7. The van der Waals surface area contributed by atoms with Gasteiger partial charge in [-0.3, -0.25) is 10.1 Å². The Labute approximate surface area is 155 Å². The minimum absolute atomic E-state index is 0.0725. The number of thiazole rings is 1. The molecule has 0 aliphatic heterocycles. The van der Waals surface area contributed by atoms with Gasteiger partial charge in [-0.25, -0.2) is 14.5 Å². The van der Waals surface area contributed by atoms with Crippen LogP contribution in [-0.2, 0) is 0 Å². The van der Waals surface area contributed by atoms with Crippen molar-refractivity contribution in [1.82, 2.24) is 24.6 Å². The zero-order valence-corrected chi connectivity index (χ0v) is 14.7. The third kappa shape index (κ3) is 2.97. The maximum Gasteiger partial charge on any atom is 0.353 e. The van der Waals surface area contributed by atoms with Crippen LogP contribution in [-0.4, -0.2) is 36.6 Å². The Morgan fingerprint density at radius 1 is 1.30 bits per heavy atom. The van der Waals surface area contributed by atoms with Crippen molar-refractivity contribution in [3.8, 4) is 17.0 Å². The molecule has 0 radical (unpaired) electrons. The molecular weight excluding hydrogens is 372 g/mol. The molecule has 0 atom stereocenters. The Balaban J connectivity index is 1.70. The number of benzene rings is 1. The molecule has 11 nitrogen and oxygen atoms in total. The van der Waals surface area contributed by atoms with E-state index in [1.165, 1.54) is 11.3 Å². The first-order valence-corrected chi connectivity index (χ1v) is 8.45. The lowest BCUT2D eigenvalue weighted by molar-refractivity contribution is -0.383. The van der Waals surface area contributed by atoms with Crippen molar-refractivity contribution in [1.29, 1.82) is 0 Å². The van der Waals surface area contributed by atoms with Crippen LogP contribution < -0.4 is 15.8 Å². The summed E-state index contributed by atoms with van der Waals surface area (Å²) < 4.78 is 6.81. The second-order valence-corrected chi connectivity index (χ2v) is 6.15. The molecule has 0 aliphatic rings. The van der Waals surface area contributed by atoms with E-state index in [9.17, 15) is 10.1 Å². The third-order valence-corrected chi connectivity index (χ3v) is 4.55. The van der Waals surface area contributed by atoms with E-state index in [1.807, 2.05) is 29.6 Å². The maximum absolute atomic E-state index is 11.2. The van der Waals surface area contributed by atoms with Gasteiger partial charge in [-0.1, -0.05) is 0 Å². The predicted molar refractivity (Wildman–Crippen MR) is 99.2 cm³/mol. The lowest BCUT2D eigenvalue weighted by Gasteiger charge is -2.03. The molecule has 0 fully saturated rings. The van der Waals surface area contributed by atoms with E-state index < -0.39 is 10.6 Å². The van der Waals surface area contributed by atoms with Gasteiger partial charge < -0.3 is 15.8 Å². The fourth-order valence-corrected chi connectivity index (χ4v) is 3.30. The van der Waals surface area contributed by atoms with Crippen LogP contribution >= 0.6 is 11.3 Å². The number of nitrogens with two attached hydrogens (primary N) is 1. The van der Waals surface area contributed by atoms with Crippen LogP contribution in [0.1, 0.15) is 0 Å². The number of nitrogen functional groups attached to an aromatic ring is 1. The van der Waals surface area contributed by atoms with Crippen molar-refractivity contribution in [3.05, 3.63) is 46.1 Å². The Morgan fingerprint density at radius 2 is 2.07 bits per heavy atom. The summed E-state index contributed by atoms with van der Waals surface area (Å²) in [5, 5.41) is 20.2. The van der Waals surface area contributed by atoms with Crippen LogP contribution in [0.4, 0.5) is 23.3 Å². The molecule has 3 heterocycles. The summed E-state index contributed by atoms with van der Waals surface area (Å²) in [6, 6.07) is 7.51. The van der Waals surface area contributed by atoms with E-state index in [-0.39, 0.29) is 17.6 Å². The largest absolute Gasteiger partial charge is 0.497 e. The van der Waals surface area contributed by atoms with Crippen LogP contribution in [0.3, 0.4) is 0 Å². The van der Waals surface area contributed by atoms with Crippen LogP contribution in [0.15, 0.2) is 36.0 Å². The van der Waals surface area contributed by atoms with Crippen LogP contribution in [0, 0.1) is 10.1 Å². The Kier molecular flexibility index (Phi) is 4.01. The topological polar surface area (TPSA) is 146 Å². The van der Waals surface area contributed by atoms with Crippen LogP contribution in [0.2, 0.25) is 0 Å². The summed E-state index contributed by atoms with van der Waals surface area (Å²) in [5.41, 5.74) is 6.90. The maximum atomic E-state index is 11.2. The van der Waals surface area contributed by atoms with Gasteiger partial charge in [-0.2, -0.15) is 4.98 Å². The molecule has 1 aromatic carbocycles. The van der Waals surface area contributed by atoms with E-state index in [0.29, 0.717) is 4.96 Å². The number of fused-ring (bicyclic) bond motifs is 1. The summed E-state index contributed by atoms with van der Waals surface area (Å²) in [5.74, 6) is 0.604. The second kappa shape index (κ2) is 6.49. The molecule has 3 N–H and O–H groups in total. The van der Waals surface area contributed by atoms with Crippen molar-refractivity contribution >= 4 is 39.6 Å². The highest BCUT2D eigenvalue weighted by atomic mass is 32.1. The number of nitrogens with one attached hydrogen (secondary N) is 1. The molecule has 4 aromatic rings. The smallest absolute Gasteiger partial charge is 0.353 e. The first-order valence-electron chi connectivity index (χ1n) is 7.57. The number of hydrogen-bond acceptors (Lipinski definition) is 10. The minimum atomic E-state index is -0.654. The molecule has 12 heteroatoms. The van der Waals surface area contributed by atoms with Crippen molar-refractivity contribution in [3.63, 3.8) is 0 Å². The predicted octanol–water partition coefficient (Wildman–Crippen LogP) is 2.49. The molecule has 0 amide bonds. The van der Waals surface area contributed by atoms with Gasteiger partial charge in [0.25, 0.3) is 0 Å². The van der Waals surface area contributed by atoms with Crippen molar-refractivity contribution in [2.75, 3.05) is 18.2 Å². The average molecular weight is 384 g/mol. The number of methoxy groups -OCH3 is 1. The number of hydrogen-bond donors (Lipinski definition) is 2. The molecule has 0 unspecified atom stereocenters. The van der Waals surface area contributed by atoms with Gasteiger partial charge in [0.1, 0.15) is 12.1 Å². The second-order valence-electron chi connectivity index (χ2n) is 5.32. The van der Waals surface area contributed by atoms with Gasteiger partial charge >= 0.3 is 5.69 Å². The molecule has 3 aromatic heterocycles. The summed E-state index contributed by atoms with van der Waals surface area (Å²) in [6.45, 7) is 0. The van der Waals surface area contributed by atoms with Crippen LogP contribution in [0.5, 0.6) is 5.75 Å². The van der Waals surface area contributed by atoms with Gasteiger partial charge in [-0.05, 0) is 24.3 Å². The zero-order chi connectivity index (χ0) is 19.0. The van der Waals surface area contributed by atoms with Crippen LogP contribution in [0.25, 0.3) is 16.2 Å². The number of nitrogens with zero attached hydrogens (tertiary/aromatic N) is 6. The molecule has 136 valence electrons. The minimum Gasteiger partial charge on any atom is -0.497 e. The molecule has 0 aliphatic carbocycles. The van der Waals surface area contributed by atoms with E-state index in [1.54, 1.807) is 11.6 Å². The van der Waals surface area contributed by atoms with E-state index in [2.05, 4.69) is 25.4 Å². The highest BCUT2D eigenvalue weighted by molar-refractivity contribution is 7.15. The number of ether oxygens (including phenoxy) is 1. The highest BCUT2D eigenvalue weighted by Gasteiger charge is 2.22. The quantitative estimate of drug-likeness (QED) is 0.391. The number of anilines is 3. The molecule has 0 saturated heterocycles. The Morgan fingerprint density at radius 3 is 2.78 bits per heavy atom.